The van der Waals surface area contributed by atoms with E-state index in [0.717, 1.165) is 58.3 Å². The van der Waals surface area contributed by atoms with Gasteiger partial charge < -0.3 is 15.0 Å². The summed E-state index contributed by atoms with van der Waals surface area (Å²) in [6.07, 6.45) is 7.81. The summed E-state index contributed by atoms with van der Waals surface area (Å²) in [6, 6.07) is 0. The number of amides is 1. The summed E-state index contributed by atoms with van der Waals surface area (Å²) in [6.45, 7) is 5.74. The molecule has 1 atom stereocenters. The zero-order valence-electron chi connectivity index (χ0n) is 13.1. The molecule has 2 aliphatic heterocycles. The lowest BCUT2D eigenvalue weighted by Crippen LogP contribution is -2.50. The van der Waals surface area contributed by atoms with E-state index < -0.39 is 0 Å². The van der Waals surface area contributed by atoms with Crippen molar-refractivity contribution in [3.8, 4) is 0 Å². The van der Waals surface area contributed by atoms with Crippen molar-refractivity contribution in [1.82, 2.24) is 10.2 Å². The third kappa shape index (κ3) is 3.73. The van der Waals surface area contributed by atoms with E-state index in [2.05, 4.69) is 12.2 Å². The van der Waals surface area contributed by atoms with Gasteiger partial charge in [0.05, 0.1) is 11.5 Å². The van der Waals surface area contributed by atoms with Gasteiger partial charge in [-0.2, -0.15) is 0 Å². The number of nitrogens with zero attached hydrogens (tertiary/aromatic N) is 1. The maximum Gasteiger partial charge on any atom is 0.228 e. The molecule has 0 radical (unpaired) electrons. The van der Waals surface area contributed by atoms with Gasteiger partial charge in [0, 0.05) is 20.2 Å². The maximum atomic E-state index is 12.9. The third-order valence-electron chi connectivity index (χ3n) is 4.84. The normalized spacial score (nSPS) is 26.2. The quantitative estimate of drug-likeness (QED) is 0.840. The predicted octanol–water partition coefficient (Wildman–Crippen LogP) is 2.18. The molecule has 4 heteroatoms. The van der Waals surface area contributed by atoms with Gasteiger partial charge in [0.25, 0.3) is 0 Å². The average Bonchev–Trinajstić information content (AvgIpc) is 2.48. The number of carbonyl (C=O) groups is 1. The Morgan fingerprint density at radius 3 is 2.70 bits per heavy atom. The number of ether oxygens (including phenoxy) is 1. The topological polar surface area (TPSA) is 41.6 Å². The van der Waals surface area contributed by atoms with Crippen LogP contribution in [0.3, 0.4) is 0 Å². The van der Waals surface area contributed by atoms with Crippen LogP contribution >= 0.6 is 0 Å². The molecule has 1 amide bonds. The largest absolute Gasteiger partial charge is 0.376 e. The number of likely N-dealkylation sites (N-methyl/N-ethyl adjacent to an activating group) is 1. The molecule has 116 valence electrons. The van der Waals surface area contributed by atoms with Gasteiger partial charge in [-0.3, -0.25) is 4.79 Å². The zero-order valence-corrected chi connectivity index (χ0v) is 13.1. The summed E-state index contributed by atoms with van der Waals surface area (Å²) >= 11 is 0. The van der Waals surface area contributed by atoms with Crippen molar-refractivity contribution in [3.05, 3.63) is 0 Å². The van der Waals surface area contributed by atoms with Crippen LogP contribution in [-0.2, 0) is 9.53 Å². The van der Waals surface area contributed by atoms with E-state index in [1.165, 1.54) is 12.8 Å². The lowest BCUT2D eigenvalue weighted by Gasteiger charge is -2.40. The summed E-state index contributed by atoms with van der Waals surface area (Å²) in [5, 5.41) is 3.38. The molecule has 0 saturated carbocycles. The highest BCUT2D eigenvalue weighted by Crippen LogP contribution is 2.36. The fourth-order valence-corrected chi connectivity index (χ4v) is 3.70. The maximum absolute atomic E-state index is 12.9. The van der Waals surface area contributed by atoms with Crippen LogP contribution in [0, 0.1) is 5.41 Å². The first-order valence-corrected chi connectivity index (χ1v) is 8.26. The molecule has 0 bridgehead atoms. The molecule has 1 unspecified atom stereocenters. The fourth-order valence-electron chi connectivity index (χ4n) is 3.70. The Morgan fingerprint density at radius 2 is 2.10 bits per heavy atom. The number of hydrogen-bond acceptors (Lipinski definition) is 3. The van der Waals surface area contributed by atoms with E-state index in [1.807, 2.05) is 11.9 Å². The molecule has 20 heavy (non-hydrogen) atoms. The minimum absolute atomic E-state index is 0.122. The Morgan fingerprint density at radius 1 is 1.35 bits per heavy atom. The minimum Gasteiger partial charge on any atom is -0.376 e. The predicted molar refractivity (Wildman–Crippen MR) is 80.7 cm³/mol. The first-order chi connectivity index (χ1) is 9.68. The van der Waals surface area contributed by atoms with Crippen LogP contribution in [0.15, 0.2) is 0 Å². The monoisotopic (exact) mass is 282 g/mol. The first kappa shape index (κ1) is 15.8. The van der Waals surface area contributed by atoms with Crippen molar-refractivity contribution in [3.63, 3.8) is 0 Å². The van der Waals surface area contributed by atoms with Gasteiger partial charge in [0.15, 0.2) is 0 Å². The second kappa shape index (κ2) is 7.41. The van der Waals surface area contributed by atoms with E-state index in [-0.39, 0.29) is 11.5 Å². The Bertz CT molecular complexity index is 302. The van der Waals surface area contributed by atoms with Gasteiger partial charge in [-0.15, -0.1) is 0 Å². The summed E-state index contributed by atoms with van der Waals surface area (Å²) in [4.78, 5) is 14.9. The van der Waals surface area contributed by atoms with Crippen LogP contribution in [0.25, 0.3) is 0 Å². The Hall–Kier alpha value is -0.610. The molecule has 2 rings (SSSR count). The highest BCUT2D eigenvalue weighted by atomic mass is 16.5. The van der Waals surface area contributed by atoms with Crippen molar-refractivity contribution < 1.29 is 9.53 Å². The molecule has 0 spiro atoms. The van der Waals surface area contributed by atoms with E-state index >= 15 is 0 Å². The van der Waals surface area contributed by atoms with Gasteiger partial charge >= 0.3 is 0 Å². The van der Waals surface area contributed by atoms with Crippen LogP contribution in [0.1, 0.15) is 51.9 Å². The number of carbonyl (C=O) groups excluding carboxylic acids is 1. The highest BCUT2D eigenvalue weighted by molar-refractivity contribution is 5.82. The van der Waals surface area contributed by atoms with Crippen LogP contribution in [0.4, 0.5) is 0 Å². The van der Waals surface area contributed by atoms with E-state index in [0.29, 0.717) is 5.91 Å². The van der Waals surface area contributed by atoms with Crippen LogP contribution < -0.4 is 5.32 Å². The van der Waals surface area contributed by atoms with Crippen molar-refractivity contribution in [2.45, 2.75) is 58.0 Å². The molecule has 2 heterocycles. The Kier molecular flexibility index (Phi) is 5.85. The standard InChI is InChI=1S/C16H30N2O2/c1-3-7-16(8-10-17-11-9-16)15(19)18(2)13-14-6-4-5-12-20-14/h14,17H,3-13H2,1-2H3. The van der Waals surface area contributed by atoms with Crippen molar-refractivity contribution >= 4 is 5.91 Å². The molecule has 0 aromatic heterocycles. The zero-order chi connectivity index (χ0) is 14.4. The summed E-state index contributed by atoms with van der Waals surface area (Å²) in [5.41, 5.74) is -0.122. The molecule has 2 saturated heterocycles. The van der Waals surface area contributed by atoms with Crippen LogP contribution in [0.2, 0.25) is 0 Å². The number of hydrogen-bond donors (Lipinski definition) is 1. The minimum atomic E-state index is -0.122. The van der Waals surface area contributed by atoms with Gasteiger partial charge in [-0.1, -0.05) is 13.3 Å². The lowest BCUT2D eigenvalue weighted by molar-refractivity contribution is -0.145. The van der Waals surface area contributed by atoms with Crippen molar-refractivity contribution in [2.75, 3.05) is 33.3 Å². The van der Waals surface area contributed by atoms with Crippen LogP contribution in [-0.4, -0.2) is 50.2 Å². The Balaban J connectivity index is 1.95. The lowest BCUT2D eigenvalue weighted by atomic mass is 9.74. The van der Waals surface area contributed by atoms with E-state index in [9.17, 15) is 4.79 Å². The molecule has 1 N–H and O–H groups in total. The molecule has 0 aliphatic carbocycles. The smallest absolute Gasteiger partial charge is 0.228 e. The average molecular weight is 282 g/mol. The van der Waals surface area contributed by atoms with E-state index in [1.54, 1.807) is 0 Å². The van der Waals surface area contributed by atoms with Crippen molar-refractivity contribution in [2.24, 2.45) is 5.41 Å². The molecule has 0 aromatic carbocycles. The fraction of sp³-hybridized carbons (Fsp3) is 0.938. The number of piperidine rings is 1. The molecule has 2 aliphatic rings. The third-order valence-corrected chi connectivity index (χ3v) is 4.84. The Labute approximate surface area is 123 Å². The second-order valence-corrected chi connectivity index (χ2v) is 6.45. The number of nitrogens with one attached hydrogen (secondary N) is 1. The van der Waals surface area contributed by atoms with Gasteiger partial charge in [-0.25, -0.2) is 0 Å². The van der Waals surface area contributed by atoms with E-state index in [4.69, 9.17) is 4.74 Å². The second-order valence-electron chi connectivity index (χ2n) is 6.45. The molecular weight excluding hydrogens is 252 g/mol. The van der Waals surface area contributed by atoms with Crippen LogP contribution in [0.5, 0.6) is 0 Å². The summed E-state index contributed by atoms with van der Waals surface area (Å²) in [5.74, 6) is 0.343. The molecule has 4 nitrogen and oxygen atoms in total. The molecule has 0 aromatic rings. The van der Waals surface area contributed by atoms with Gasteiger partial charge in [-0.05, 0) is 51.6 Å². The van der Waals surface area contributed by atoms with Gasteiger partial charge in [0.1, 0.15) is 0 Å². The SMILES string of the molecule is CCCC1(C(=O)N(C)CC2CCCCO2)CCNCC1. The molecule has 2 fully saturated rings. The molecular formula is C16H30N2O2. The summed E-state index contributed by atoms with van der Waals surface area (Å²) in [7, 11) is 1.96. The summed E-state index contributed by atoms with van der Waals surface area (Å²) < 4.78 is 5.77. The van der Waals surface area contributed by atoms with Crippen molar-refractivity contribution in [1.29, 1.82) is 0 Å². The number of rotatable bonds is 5. The highest BCUT2D eigenvalue weighted by Gasteiger charge is 2.40. The van der Waals surface area contributed by atoms with Gasteiger partial charge in [0.2, 0.25) is 5.91 Å². The first-order valence-electron chi connectivity index (χ1n) is 8.26.